The van der Waals surface area contributed by atoms with Gasteiger partial charge in [-0.2, -0.15) is 4.57 Å². The molecule has 1 heteroatoms. The number of rotatable bonds is 3. The Bertz CT molecular complexity index is 957. The molecule has 0 saturated carbocycles. The molecule has 1 aliphatic carbocycles. The Morgan fingerprint density at radius 1 is 0.800 bits per heavy atom. The predicted molar refractivity (Wildman–Crippen MR) is 103 cm³/mol. The molecule has 0 atom stereocenters. The molecule has 1 aromatic heterocycles. The minimum atomic E-state index is 0.666. The lowest BCUT2D eigenvalue weighted by Crippen LogP contribution is -2.33. The van der Waals surface area contributed by atoms with E-state index in [0.29, 0.717) is 6.42 Å². The summed E-state index contributed by atoms with van der Waals surface area (Å²) in [7, 11) is 0. The zero-order valence-corrected chi connectivity index (χ0v) is 14.2. The smallest absolute Gasteiger partial charge is 0.171 e. The number of aryl methyl sites for hydroxylation is 1. The molecule has 0 bridgehead atoms. The standard InChI is InChI=1S/C24H20N/c1-2-8-23-22-12-7-6-11-21(22)13-14-24(23)25-17-15-20(16-18-25)19-9-4-3-5-10-19/h1,3-7,9-12,15-18H,8,13-14H2/q+1. The lowest BCUT2D eigenvalue weighted by atomic mass is 9.87. The van der Waals surface area contributed by atoms with Crippen molar-refractivity contribution in [3.05, 3.63) is 90.3 Å². The molecule has 0 unspecified atom stereocenters. The quantitative estimate of drug-likeness (QED) is 0.473. The second-order valence-electron chi connectivity index (χ2n) is 6.32. The average molecular weight is 322 g/mol. The highest BCUT2D eigenvalue weighted by atomic mass is 14.9. The number of nitrogens with zero attached hydrogens (tertiary/aromatic N) is 1. The maximum atomic E-state index is 5.66. The zero-order valence-electron chi connectivity index (χ0n) is 14.2. The molecular formula is C24H20N+. The lowest BCUT2D eigenvalue weighted by Gasteiger charge is -2.18. The van der Waals surface area contributed by atoms with Crippen molar-refractivity contribution < 1.29 is 4.57 Å². The highest BCUT2D eigenvalue weighted by Gasteiger charge is 2.24. The third-order valence-electron chi connectivity index (χ3n) is 4.85. The molecule has 2 aromatic carbocycles. The van der Waals surface area contributed by atoms with Gasteiger partial charge >= 0.3 is 0 Å². The summed E-state index contributed by atoms with van der Waals surface area (Å²) in [5.74, 6) is 2.84. The molecule has 0 saturated heterocycles. The summed E-state index contributed by atoms with van der Waals surface area (Å²) < 4.78 is 2.23. The summed E-state index contributed by atoms with van der Waals surface area (Å²) in [6.07, 6.45) is 12.7. The molecule has 0 N–H and O–H groups in total. The predicted octanol–water partition coefficient (Wildman–Crippen LogP) is 4.98. The van der Waals surface area contributed by atoms with E-state index in [-0.39, 0.29) is 0 Å². The van der Waals surface area contributed by atoms with Crippen molar-refractivity contribution in [3.8, 4) is 23.5 Å². The Morgan fingerprint density at radius 2 is 1.48 bits per heavy atom. The van der Waals surface area contributed by atoms with Gasteiger partial charge in [-0.15, -0.1) is 12.3 Å². The van der Waals surface area contributed by atoms with Gasteiger partial charge in [0.05, 0.1) is 0 Å². The van der Waals surface area contributed by atoms with Crippen LogP contribution in [0.15, 0.2) is 79.1 Å². The van der Waals surface area contributed by atoms with Crippen LogP contribution in [0.4, 0.5) is 0 Å². The summed E-state index contributed by atoms with van der Waals surface area (Å²) in [6, 6.07) is 23.4. The molecular weight excluding hydrogens is 302 g/mol. The minimum absolute atomic E-state index is 0.666. The maximum Gasteiger partial charge on any atom is 0.192 e. The molecule has 0 fully saturated rings. The SMILES string of the molecule is C#CCC1=C([n+]2ccc(-c3ccccc3)cc2)CCc2ccccc21. The van der Waals surface area contributed by atoms with Crippen LogP contribution in [0.1, 0.15) is 24.0 Å². The Kier molecular flexibility index (Phi) is 4.19. The van der Waals surface area contributed by atoms with Crippen molar-refractivity contribution in [1.29, 1.82) is 0 Å². The normalized spacial score (nSPS) is 13.2. The van der Waals surface area contributed by atoms with Crippen LogP contribution >= 0.6 is 0 Å². The highest BCUT2D eigenvalue weighted by Crippen LogP contribution is 2.33. The number of fused-ring (bicyclic) bond motifs is 1. The Morgan fingerprint density at radius 3 is 2.24 bits per heavy atom. The second kappa shape index (κ2) is 6.79. The van der Waals surface area contributed by atoms with Crippen LogP contribution in [0.25, 0.3) is 22.4 Å². The van der Waals surface area contributed by atoms with Crippen LogP contribution in [0.2, 0.25) is 0 Å². The topological polar surface area (TPSA) is 3.88 Å². The van der Waals surface area contributed by atoms with Crippen LogP contribution in [0, 0.1) is 12.3 Å². The Balaban J connectivity index is 1.76. The van der Waals surface area contributed by atoms with E-state index in [2.05, 4.69) is 83.5 Å². The number of hydrogen-bond acceptors (Lipinski definition) is 0. The Hall–Kier alpha value is -3.11. The fourth-order valence-corrected chi connectivity index (χ4v) is 3.61. The number of aromatic nitrogens is 1. The van der Waals surface area contributed by atoms with Gasteiger partial charge in [0.15, 0.2) is 18.1 Å². The van der Waals surface area contributed by atoms with Gasteiger partial charge < -0.3 is 0 Å². The van der Waals surface area contributed by atoms with E-state index in [1.165, 1.54) is 33.5 Å². The summed E-state index contributed by atoms with van der Waals surface area (Å²) >= 11 is 0. The van der Waals surface area contributed by atoms with E-state index in [9.17, 15) is 0 Å². The highest BCUT2D eigenvalue weighted by molar-refractivity contribution is 5.84. The molecule has 25 heavy (non-hydrogen) atoms. The molecule has 3 aromatic rings. The molecule has 0 amide bonds. The van der Waals surface area contributed by atoms with Crippen LogP contribution in [-0.4, -0.2) is 0 Å². The van der Waals surface area contributed by atoms with Crippen molar-refractivity contribution in [1.82, 2.24) is 0 Å². The van der Waals surface area contributed by atoms with Gasteiger partial charge in [0.25, 0.3) is 0 Å². The largest absolute Gasteiger partial charge is 0.192 e. The molecule has 1 nitrogen and oxygen atoms in total. The fourth-order valence-electron chi connectivity index (χ4n) is 3.61. The second-order valence-corrected chi connectivity index (χ2v) is 6.32. The number of terminal acetylenes is 1. The average Bonchev–Trinajstić information content (AvgIpc) is 2.69. The summed E-state index contributed by atoms with van der Waals surface area (Å²) in [5.41, 5.74) is 7.77. The van der Waals surface area contributed by atoms with Gasteiger partial charge in [-0.25, -0.2) is 0 Å². The van der Waals surface area contributed by atoms with E-state index in [1.807, 2.05) is 6.07 Å². The molecule has 120 valence electrons. The van der Waals surface area contributed by atoms with Crippen molar-refractivity contribution in [2.45, 2.75) is 19.3 Å². The first kappa shape index (κ1) is 15.4. The van der Waals surface area contributed by atoms with Gasteiger partial charge in [0.2, 0.25) is 0 Å². The molecule has 4 rings (SSSR count). The van der Waals surface area contributed by atoms with Gasteiger partial charge in [-0.3, -0.25) is 0 Å². The number of allylic oxidation sites excluding steroid dienone is 2. The Labute approximate surface area is 149 Å². The van der Waals surface area contributed by atoms with E-state index in [0.717, 1.165) is 12.8 Å². The van der Waals surface area contributed by atoms with Crippen LogP contribution in [0.3, 0.4) is 0 Å². The number of hydrogen-bond donors (Lipinski definition) is 0. The van der Waals surface area contributed by atoms with Gasteiger partial charge in [-0.1, -0.05) is 54.6 Å². The summed E-state index contributed by atoms with van der Waals surface area (Å²) in [5, 5.41) is 0. The number of pyridine rings is 1. The molecule has 1 heterocycles. The molecule has 0 aliphatic heterocycles. The van der Waals surface area contributed by atoms with Crippen molar-refractivity contribution in [2.75, 3.05) is 0 Å². The zero-order chi connectivity index (χ0) is 17.1. The summed E-state index contributed by atoms with van der Waals surface area (Å²) in [4.78, 5) is 0. The molecule has 0 spiro atoms. The lowest BCUT2D eigenvalue weighted by molar-refractivity contribution is -0.582. The van der Waals surface area contributed by atoms with Crippen LogP contribution in [0.5, 0.6) is 0 Å². The first-order chi connectivity index (χ1) is 12.4. The van der Waals surface area contributed by atoms with Crippen LogP contribution < -0.4 is 4.57 Å². The van der Waals surface area contributed by atoms with Gasteiger partial charge in [-0.05, 0) is 28.7 Å². The maximum absolute atomic E-state index is 5.66. The first-order valence-electron chi connectivity index (χ1n) is 8.67. The van der Waals surface area contributed by atoms with Crippen molar-refractivity contribution in [3.63, 3.8) is 0 Å². The minimum Gasteiger partial charge on any atom is -0.171 e. The molecule has 0 radical (unpaired) electrons. The third-order valence-corrected chi connectivity index (χ3v) is 4.85. The van der Waals surface area contributed by atoms with Crippen molar-refractivity contribution in [2.24, 2.45) is 0 Å². The van der Waals surface area contributed by atoms with Gasteiger partial charge in [0, 0.05) is 30.5 Å². The number of benzene rings is 2. The van der Waals surface area contributed by atoms with E-state index >= 15 is 0 Å². The monoisotopic (exact) mass is 322 g/mol. The van der Waals surface area contributed by atoms with Crippen molar-refractivity contribution >= 4 is 11.3 Å². The first-order valence-corrected chi connectivity index (χ1v) is 8.67. The summed E-state index contributed by atoms with van der Waals surface area (Å²) in [6.45, 7) is 0. The van der Waals surface area contributed by atoms with E-state index in [4.69, 9.17) is 6.42 Å². The van der Waals surface area contributed by atoms with E-state index in [1.54, 1.807) is 0 Å². The van der Waals surface area contributed by atoms with Gasteiger partial charge in [0.1, 0.15) is 0 Å². The fraction of sp³-hybridized carbons (Fsp3) is 0.125. The molecule has 1 aliphatic rings. The third kappa shape index (κ3) is 2.99. The van der Waals surface area contributed by atoms with E-state index < -0.39 is 0 Å². The van der Waals surface area contributed by atoms with Crippen LogP contribution in [-0.2, 0) is 6.42 Å².